The van der Waals surface area contributed by atoms with Crippen molar-refractivity contribution in [3.63, 3.8) is 0 Å². The third kappa shape index (κ3) is 11.0. The molecule has 5 amide bonds. The van der Waals surface area contributed by atoms with Crippen molar-refractivity contribution in [1.82, 2.24) is 26.2 Å². The molecule has 9 N–H and O–H groups in total. The number of carbonyl (C=O) groups excluding carboxylic acids is 5. The van der Waals surface area contributed by atoms with E-state index in [0.29, 0.717) is 12.8 Å². The SMILES string of the molecule is CC(C)=CC[C@@H]1NC(=O)[C@@H]2CCCN2C(=O)[C@@H](NC(=O)OCC2c3ccccc3-c3ccccc32)C/C=C/C[C@@H](C(=O)O)NC(=O)[C@H](CCCN=C(N)N)NC1=O. The average molecular weight is 785 g/mol. The summed E-state index contributed by atoms with van der Waals surface area (Å²) in [6.07, 6.45) is 4.96. The summed E-state index contributed by atoms with van der Waals surface area (Å²) in [6, 6.07) is 9.95. The molecule has 0 bridgehead atoms. The van der Waals surface area contributed by atoms with Gasteiger partial charge in [0.2, 0.25) is 23.6 Å². The quantitative estimate of drug-likeness (QED) is 0.0801. The second-order valence-electron chi connectivity index (χ2n) is 14.6. The Morgan fingerprint density at radius 1 is 0.912 bits per heavy atom. The number of nitrogens with two attached hydrogens (primary N) is 2. The zero-order valence-corrected chi connectivity index (χ0v) is 32.2. The molecule has 5 rings (SSSR count). The van der Waals surface area contributed by atoms with Crippen molar-refractivity contribution in [2.45, 2.75) is 94.9 Å². The molecule has 2 heterocycles. The summed E-state index contributed by atoms with van der Waals surface area (Å²) in [6.45, 7) is 4.06. The molecule has 0 spiro atoms. The molecule has 3 aliphatic rings. The van der Waals surface area contributed by atoms with Gasteiger partial charge in [-0.3, -0.25) is 24.2 Å². The minimum absolute atomic E-state index is 0.00968. The van der Waals surface area contributed by atoms with E-state index in [1.807, 2.05) is 62.4 Å². The van der Waals surface area contributed by atoms with Gasteiger partial charge in [-0.15, -0.1) is 0 Å². The Morgan fingerprint density at radius 2 is 1.54 bits per heavy atom. The summed E-state index contributed by atoms with van der Waals surface area (Å²) >= 11 is 0. The van der Waals surface area contributed by atoms with Gasteiger partial charge in [-0.25, -0.2) is 9.59 Å². The lowest BCUT2D eigenvalue weighted by atomic mass is 9.98. The summed E-state index contributed by atoms with van der Waals surface area (Å²) < 4.78 is 5.75. The van der Waals surface area contributed by atoms with Crippen LogP contribution >= 0.6 is 0 Å². The molecule has 304 valence electrons. The number of carboxylic acid groups (broad SMARTS) is 1. The summed E-state index contributed by atoms with van der Waals surface area (Å²) in [5.41, 5.74) is 15.9. The molecule has 0 unspecified atom stereocenters. The summed E-state index contributed by atoms with van der Waals surface area (Å²) in [5, 5.41) is 20.7. The van der Waals surface area contributed by atoms with Gasteiger partial charge in [0, 0.05) is 19.0 Å². The van der Waals surface area contributed by atoms with E-state index in [1.165, 1.54) is 11.0 Å². The number of carbonyl (C=O) groups is 6. The number of allylic oxidation sites excluding steroid dienone is 1. The van der Waals surface area contributed by atoms with Crippen LogP contribution in [0.2, 0.25) is 0 Å². The maximum Gasteiger partial charge on any atom is 0.407 e. The number of hydrogen-bond acceptors (Lipinski definition) is 8. The molecule has 1 aliphatic carbocycles. The average Bonchev–Trinajstić information content (AvgIpc) is 3.80. The normalized spacial score (nSPS) is 23.3. The van der Waals surface area contributed by atoms with Crippen LogP contribution < -0.4 is 32.7 Å². The second kappa shape index (κ2) is 19.6. The number of nitrogens with zero attached hydrogens (tertiary/aromatic N) is 2. The first kappa shape index (κ1) is 42.0. The van der Waals surface area contributed by atoms with Crippen molar-refractivity contribution in [2.75, 3.05) is 19.7 Å². The zero-order chi connectivity index (χ0) is 41.1. The number of hydrogen-bond donors (Lipinski definition) is 7. The van der Waals surface area contributed by atoms with E-state index in [-0.39, 0.29) is 63.7 Å². The first-order valence-electron chi connectivity index (χ1n) is 19.2. The number of ether oxygens (including phenoxy) is 1. The Kier molecular flexibility index (Phi) is 14.4. The van der Waals surface area contributed by atoms with Gasteiger partial charge in [0.1, 0.15) is 36.8 Å². The van der Waals surface area contributed by atoms with Crippen molar-refractivity contribution >= 4 is 41.7 Å². The van der Waals surface area contributed by atoms with E-state index in [9.17, 15) is 33.9 Å². The molecule has 0 saturated carbocycles. The highest BCUT2D eigenvalue weighted by molar-refractivity contribution is 5.96. The minimum Gasteiger partial charge on any atom is -0.480 e. The number of guanidine groups is 1. The molecule has 16 heteroatoms. The van der Waals surface area contributed by atoms with Crippen LogP contribution in [-0.2, 0) is 28.7 Å². The van der Waals surface area contributed by atoms with Gasteiger partial charge in [0.15, 0.2) is 5.96 Å². The molecular formula is C41H52N8O8. The molecule has 16 nitrogen and oxygen atoms in total. The van der Waals surface area contributed by atoms with Gasteiger partial charge in [-0.1, -0.05) is 72.3 Å². The van der Waals surface area contributed by atoms with Crippen molar-refractivity contribution < 1.29 is 38.6 Å². The maximum absolute atomic E-state index is 14.2. The molecule has 2 aromatic carbocycles. The number of alkyl carbamates (subject to hydrolysis) is 1. The van der Waals surface area contributed by atoms with Crippen LogP contribution in [0.5, 0.6) is 0 Å². The third-order valence-corrected chi connectivity index (χ3v) is 10.3. The number of aliphatic imine (C=N–C) groups is 1. The highest BCUT2D eigenvalue weighted by Gasteiger charge is 2.39. The van der Waals surface area contributed by atoms with Gasteiger partial charge in [0.25, 0.3) is 0 Å². The highest BCUT2D eigenvalue weighted by Crippen LogP contribution is 2.44. The van der Waals surface area contributed by atoms with Crippen LogP contribution in [0.4, 0.5) is 4.79 Å². The van der Waals surface area contributed by atoms with Crippen LogP contribution in [0.1, 0.15) is 75.8 Å². The maximum atomic E-state index is 14.2. The number of aliphatic carboxylic acids is 1. The van der Waals surface area contributed by atoms with Crippen molar-refractivity contribution in [2.24, 2.45) is 16.5 Å². The topological polar surface area (TPSA) is 248 Å². The third-order valence-electron chi connectivity index (χ3n) is 10.3. The van der Waals surface area contributed by atoms with Crippen molar-refractivity contribution in [3.8, 4) is 11.1 Å². The fourth-order valence-electron chi connectivity index (χ4n) is 7.36. The van der Waals surface area contributed by atoms with E-state index in [0.717, 1.165) is 27.8 Å². The van der Waals surface area contributed by atoms with E-state index in [4.69, 9.17) is 16.2 Å². The predicted molar refractivity (Wildman–Crippen MR) is 212 cm³/mol. The summed E-state index contributed by atoms with van der Waals surface area (Å²) in [7, 11) is 0. The molecule has 5 atom stereocenters. The number of fused-ring (bicyclic) bond motifs is 4. The molecule has 2 aromatic rings. The van der Waals surface area contributed by atoms with E-state index in [2.05, 4.69) is 26.3 Å². The number of benzene rings is 2. The van der Waals surface area contributed by atoms with E-state index >= 15 is 0 Å². The standard InChI is InChI=1S/C41H52N8O8/c1-24(2)19-20-31-36(51)45-30(17-9-21-44-40(42)43)35(50)47-33(39(54)55)16-8-7-15-32(38(53)49-22-10-18-34(49)37(52)46-31)48-41(56)57-23-29-27-13-5-3-11-25(27)26-12-4-6-14-28(26)29/h3-8,11-14,19,29-34H,9-10,15-18,20-23H2,1-2H3,(H,45,51)(H,46,52)(H,47,50)(H,48,56)(H,54,55)(H4,42,43,44)/b8-7+/t30-,31-,32-,33-,34-/m0/s1. The lowest BCUT2D eigenvalue weighted by Gasteiger charge is -2.29. The molecular weight excluding hydrogens is 732 g/mol. The van der Waals surface area contributed by atoms with Crippen LogP contribution in [0, 0.1) is 0 Å². The fourth-order valence-corrected chi connectivity index (χ4v) is 7.36. The second-order valence-corrected chi connectivity index (χ2v) is 14.6. The summed E-state index contributed by atoms with van der Waals surface area (Å²) in [5.74, 6) is -4.22. The van der Waals surface area contributed by atoms with Crippen molar-refractivity contribution in [1.29, 1.82) is 0 Å². The summed E-state index contributed by atoms with van der Waals surface area (Å²) in [4.78, 5) is 86.4. The zero-order valence-electron chi connectivity index (χ0n) is 32.2. The molecule has 0 aromatic heterocycles. The first-order chi connectivity index (χ1) is 27.3. The smallest absolute Gasteiger partial charge is 0.407 e. The number of carboxylic acids is 1. The van der Waals surface area contributed by atoms with Crippen molar-refractivity contribution in [3.05, 3.63) is 83.5 Å². The van der Waals surface area contributed by atoms with Gasteiger partial charge >= 0.3 is 12.1 Å². The minimum atomic E-state index is -1.39. The lowest BCUT2D eigenvalue weighted by molar-refractivity contribution is -0.142. The van der Waals surface area contributed by atoms with Crippen LogP contribution in [0.25, 0.3) is 11.1 Å². The van der Waals surface area contributed by atoms with Crippen LogP contribution in [0.3, 0.4) is 0 Å². The highest BCUT2D eigenvalue weighted by atomic mass is 16.5. The fraction of sp³-hybridized carbons (Fsp3) is 0.439. The molecule has 0 radical (unpaired) electrons. The Hall–Kier alpha value is -6.19. The molecule has 57 heavy (non-hydrogen) atoms. The molecule has 1 saturated heterocycles. The molecule has 2 aliphatic heterocycles. The Bertz CT molecular complexity index is 1880. The Labute approximate surface area is 331 Å². The van der Waals surface area contributed by atoms with Gasteiger partial charge < -0.3 is 47.5 Å². The van der Waals surface area contributed by atoms with Gasteiger partial charge in [-0.05, 0) is 81.0 Å². The van der Waals surface area contributed by atoms with Gasteiger partial charge in [0.05, 0.1) is 0 Å². The number of amides is 5. The lowest BCUT2D eigenvalue weighted by Crippen LogP contribution is -2.58. The van der Waals surface area contributed by atoms with Gasteiger partial charge in [-0.2, -0.15) is 0 Å². The van der Waals surface area contributed by atoms with Crippen LogP contribution in [0.15, 0.2) is 77.3 Å². The molecule has 1 fully saturated rings. The number of rotatable bonds is 10. The predicted octanol–water partition coefficient (Wildman–Crippen LogP) is 2.18. The monoisotopic (exact) mass is 784 g/mol. The van der Waals surface area contributed by atoms with E-state index in [1.54, 1.807) is 12.2 Å². The Morgan fingerprint density at radius 3 is 2.19 bits per heavy atom. The largest absolute Gasteiger partial charge is 0.480 e. The van der Waals surface area contributed by atoms with E-state index < -0.39 is 65.9 Å². The Balaban J connectivity index is 1.39. The first-order valence-corrected chi connectivity index (χ1v) is 19.2. The van der Waals surface area contributed by atoms with Crippen LogP contribution in [-0.4, -0.2) is 102 Å². The number of nitrogens with one attached hydrogen (secondary N) is 4.